The van der Waals surface area contributed by atoms with Gasteiger partial charge in [-0.2, -0.15) is 0 Å². The highest BCUT2D eigenvalue weighted by atomic mass is 32.2. The number of nitrogens with two attached hydrogens (primary N) is 1. The standard InChI is InChI=1S/C14H17N3OS2/c1-17(8-10-3-5-12(19-2)6-4-10)13(18)7-11-9-20-14(15)16-11/h3-6,9H,7-8H2,1-2H3,(H2,15,16). The van der Waals surface area contributed by atoms with E-state index < -0.39 is 0 Å². The summed E-state index contributed by atoms with van der Waals surface area (Å²) < 4.78 is 0. The van der Waals surface area contributed by atoms with E-state index in [-0.39, 0.29) is 5.91 Å². The molecule has 0 unspecified atom stereocenters. The van der Waals surface area contributed by atoms with Gasteiger partial charge in [0.15, 0.2) is 5.13 Å². The number of carbonyl (C=O) groups excluding carboxylic acids is 1. The van der Waals surface area contributed by atoms with Gasteiger partial charge in [0.2, 0.25) is 5.91 Å². The first kappa shape index (κ1) is 14.9. The largest absolute Gasteiger partial charge is 0.375 e. The van der Waals surface area contributed by atoms with Crippen molar-refractivity contribution in [2.45, 2.75) is 17.9 Å². The molecule has 0 spiro atoms. The Labute approximate surface area is 127 Å². The first-order valence-corrected chi connectivity index (χ1v) is 8.25. The van der Waals surface area contributed by atoms with Crippen LogP contribution in [0, 0.1) is 0 Å². The van der Waals surface area contributed by atoms with E-state index in [1.165, 1.54) is 16.2 Å². The summed E-state index contributed by atoms with van der Waals surface area (Å²) in [4.78, 5) is 19.1. The van der Waals surface area contributed by atoms with Crippen LogP contribution in [0.15, 0.2) is 34.5 Å². The smallest absolute Gasteiger partial charge is 0.228 e. The molecule has 0 fully saturated rings. The van der Waals surface area contributed by atoms with Gasteiger partial charge in [-0.3, -0.25) is 4.79 Å². The zero-order valence-corrected chi connectivity index (χ0v) is 13.1. The molecule has 0 bridgehead atoms. The topological polar surface area (TPSA) is 59.2 Å². The van der Waals surface area contributed by atoms with Gasteiger partial charge in [-0.05, 0) is 24.0 Å². The first-order chi connectivity index (χ1) is 9.58. The maximum absolute atomic E-state index is 12.1. The Bertz CT molecular complexity index is 580. The molecule has 0 saturated heterocycles. The molecule has 2 N–H and O–H groups in total. The van der Waals surface area contributed by atoms with E-state index in [9.17, 15) is 4.79 Å². The number of carbonyl (C=O) groups is 1. The lowest BCUT2D eigenvalue weighted by molar-refractivity contribution is -0.129. The van der Waals surface area contributed by atoms with Crippen molar-refractivity contribution in [2.24, 2.45) is 0 Å². The van der Waals surface area contributed by atoms with E-state index >= 15 is 0 Å². The number of amides is 1. The van der Waals surface area contributed by atoms with Crippen LogP contribution in [0.25, 0.3) is 0 Å². The van der Waals surface area contributed by atoms with Gasteiger partial charge in [0, 0.05) is 23.9 Å². The van der Waals surface area contributed by atoms with Crippen molar-refractivity contribution < 1.29 is 4.79 Å². The van der Waals surface area contributed by atoms with Crippen LogP contribution >= 0.6 is 23.1 Å². The fraction of sp³-hybridized carbons (Fsp3) is 0.286. The third kappa shape index (κ3) is 3.98. The fourth-order valence-corrected chi connectivity index (χ4v) is 2.76. The van der Waals surface area contributed by atoms with E-state index in [1.807, 2.05) is 11.6 Å². The van der Waals surface area contributed by atoms with Gasteiger partial charge in [0.1, 0.15) is 0 Å². The molecule has 20 heavy (non-hydrogen) atoms. The number of rotatable bonds is 5. The molecule has 2 rings (SSSR count). The second-order valence-electron chi connectivity index (χ2n) is 4.45. The van der Waals surface area contributed by atoms with Crippen molar-refractivity contribution in [1.82, 2.24) is 9.88 Å². The highest BCUT2D eigenvalue weighted by molar-refractivity contribution is 7.98. The van der Waals surface area contributed by atoms with Crippen LogP contribution in [0.4, 0.5) is 5.13 Å². The summed E-state index contributed by atoms with van der Waals surface area (Å²) in [6.45, 7) is 0.604. The number of aromatic nitrogens is 1. The summed E-state index contributed by atoms with van der Waals surface area (Å²) in [5.41, 5.74) is 7.42. The van der Waals surface area contributed by atoms with Crippen LogP contribution in [0.5, 0.6) is 0 Å². The van der Waals surface area contributed by atoms with Gasteiger partial charge >= 0.3 is 0 Å². The Kier molecular flexibility index (Phi) is 5.03. The molecule has 0 saturated carbocycles. The van der Waals surface area contributed by atoms with Crippen molar-refractivity contribution >= 4 is 34.1 Å². The molecule has 1 amide bonds. The molecule has 0 atom stereocenters. The Morgan fingerprint density at radius 2 is 2.10 bits per heavy atom. The number of hydrogen-bond acceptors (Lipinski definition) is 5. The summed E-state index contributed by atoms with van der Waals surface area (Å²) in [7, 11) is 1.81. The van der Waals surface area contributed by atoms with Crippen LogP contribution < -0.4 is 5.73 Å². The van der Waals surface area contributed by atoms with Gasteiger partial charge in [-0.15, -0.1) is 23.1 Å². The second kappa shape index (κ2) is 6.76. The molecular formula is C14H17N3OS2. The Morgan fingerprint density at radius 1 is 1.40 bits per heavy atom. The molecule has 4 nitrogen and oxygen atoms in total. The van der Waals surface area contributed by atoms with Crippen molar-refractivity contribution in [3.63, 3.8) is 0 Å². The number of nitrogens with zero attached hydrogens (tertiary/aromatic N) is 2. The quantitative estimate of drug-likeness (QED) is 0.863. The number of nitrogen functional groups attached to an aromatic ring is 1. The molecule has 1 aromatic heterocycles. The number of anilines is 1. The predicted molar refractivity (Wildman–Crippen MR) is 84.9 cm³/mol. The van der Waals surface area contributed by atoms with Crippen molar-refractivity contribution in [3.05, 3.63) is 40.9 Å². The van der Waals surface area contributed by atoms with E-state index in [0.717, 1.165) is 11.3 Å². The lowest BCUT2D eigenvalue weighted by Gasteiger charge is -2.17. The summed E-state index contributed by atoms with van der Waals surface area (Å²) in [5, 5.41) is 2.33. The first-order valence-electron chi connectivity index (χ1n) is 6.15. The van der Waals surface area contributed by atoms with Crippen molar-refractivity contribution in [3.8, 4) is 0 Å². The molecule has 1 heterocycles. The minimum Gasteiger partial charge on any atom is -0.375 e. The molecule has 1 aromatic carbocycles. The van der Waals surface area contributed by atoms with E-state index in [1.54, 1.807) is 23.7 Å². The van der Waals surface area contributed by atoms with Crippen molar-refractivity contribution in [1.29, 1.82) is 0 Å². The zero-order valence-electron chi connectivity index (χ0n) is 11.5. The zero-order chi connectivity index (χ0) is 14.5. The number of thioether (sulfide) groups is 1. The number of likely N-dealkylation sites (N-methyl/N-ethyl adjacent to an activating group) is 1. The Morgan fingerprint density at radius 3 is 2.65 bits per heavy atom. The minimum absolute atomic E-state index is 0.0456. The average Bonchev–Trinajstić information content (AvgIpc) is 2.85. The predicted octanol–water partition coefficient (Wildman–Crippen LogP) is 2.65. The molecule has 106 valence electrons. The van der Waals surface area contributed by atoms with Crippen LogP contribution in [-0.2, 0) is 17.8 Å². The molecule has 2 aromatic rings. The van der Waals surface area contributed by atoms with Gasteiger partial charge in [-0.1, -0.05) is 12.1 Å². The maximum Gasteiger partial charge on any atom is 0.228 e. The molecule has 0 radical (unpaired) electrons. The third-order valence-corrected chi connectivity index (χ3v) is 4.37. The molecular weight excluding hydrogens is 290 g/mol. The highest BCUT2D eigenvalue weighted by Crippen LogP contribution is 2.16. The third-order valence-electron chi connectivity index (χ3n) is 2.91. The van der Waals surface area contributed by atoms with E-state index in [2.05, 4.69) is 29.2 Å². The summed E-state index contributed by atoms with van der Waals surface area (Å²) in [6.07, 6.45) is 2.34. The van der Waals surface area contributed by atoms with E-state index in [0.29, 0.717) is 18.1 Å². The van der Waals surface area contributed by atoms with Crippen LogP contribution in [0.2, 0.25) is 0 Å². The number of thiazole rings is 1. The highest BCUT2D eigenvalue weighted by Gasteiger charge is 2.12. The molecule has 0 aliphatic carbocycles. The maximum atomic E-state index is 12.1. The summed E-state index contributed by atoms with van der Waals surface area (Å²) in [5.74, 6) is 0.0456. The van der Waals surface area contributed by atoms with Crippen LogP contribution in [0.1, 0.15) is 11.3 Å². The Balaban J connectivity index is 1.92. The van der Waals surface area contributed by atoms with Crippen LogP contribution in [-0.4, -0.2) is 29.1 Å². The second-order valence-corrected chi connectivity index (χ2v) is 6.22. The van der Waals surface area contributed by atoms with Gasteiger partial charge in [0.25, 0.3) is 0 Å². The molecule has 6 heteroatoms. The van der Waals surface area contributed by atoms with Gasteiger partial charge < -0.3 is 10.6 Å². The lowest BCUT2D eigenvalue weighted by Crippen LogP contribution is -2.27. The van der Waals surface area contributed by atoms with Gasteiger partial charge in [0.05, 0.1) is 12.1 Å². The Hall–Kier alpha value is -1.53. The van der Waals surface area contributed by atoms with Crippen LogP contribution in [0.3, 0.4) is 0 Å². The fourth-order valence-electron chi connectivity index (χ4n) is 1.79. The number of hydrogen-bond donors (Lipinski definition) is 1. The summed E-state index contributed by atoms with van der Waals surface area (Å²) >= 11 is 3.07. The lowest BCUT2D eigenvalue weighted by atomic mass is 10.2. The number of benzene rings is 1. The monoisotopic (exact) mass is 307 g/mol. The van der Waals surface area contributed by atoms with E-state index in [4.69, 9.17) is 5.73 Å². The molecule has 0 aliphatic heterocycles. The summed E-state index contributed by atoms with van der Waals surface area (Å²) in [6, 6.07) is 8.24. The molecule has 0 aliphatic rings. The minimum atomic E-state index is 0.0456. The SMILES string of the molecule is CSc1ccc(CN(C)C(=O)Cc2csc(N)n2)cc1. The van der Waals surface area contributed by atoms with Gasteiger partial charge in [-0.25, -0.2) is 4.98 Å². The average molecular weight is 307 g/mol. The normalized spacial score (nSPS) is 10.5. The van der Waals surface area contributed by atoms with Crippen molar-refractivity contribution in [2.75, 3.05) is 19.0 Å².